The predicted molar refractivity (Wildman–Crippen MR) is 110 cm³/mol. The van der Waals surface area contributed by atoms with Crippen LogP contribution in [-0.4, -0.2) is 42.9 Å². The molecule has 3 rings (SSSR count). The number of urea groups is 1. The molecule has 0 bridgehead atoms. The Balaban J connectivity index is 1.84. The van der Waals surface area contributed by atoms with Crippen molar-refractivity contribution in [2.24, 2.45) is 0 Å². The molecular weight excluding hydrogens is 389 g/mol. The number of carbonyl (C=O) groups is 3. The lowest BCUT2D eigenvalue weighted by Gasteiger charge is -2.27. The summed E-state index contributed by atoms with van der Waals surface area (Å²) in [7, 11) is 1.54. The molecule has 8 heteroatoms. The molecule has 0 aliphatic carbocycles. The summed E-state index contributed by atoms with van der Waals surface area (Å²) >= 11 is 0. The Kier molecular flexibility index (Phi) is 6.05. The third kappa shape index (κ3) is 3.72. The topological polar surface area (TPSA) is 79.0 Å². The number of likely N-dealkylation sites (N-methyl/N-ethyl adjacent to an activating group) is 1. The Hall–Kier alpha value is -3.42. The van der Waals surface area contributed by atoms with E-state index in [4.69, 9.17) is 4.74 Å². The van der Waals surface area contributed by atoms with Crippen LogP contribution in [0.1, 0.15) is 25.8 Å². The van der Waals surface area contributed by atoms with Crippen LogP contribution in [0, 0.1) is 5.82 Å². The molecule has 0 unspecified atom stereocenters. The number of hydrogen-bond acceptors (Lipinski definition) is 4. The van der Waals surface area contributed by atoms with Crippen molar-refractivity contribution in [2.45, 2.75) is 25.8 Å². The number of nitrogens with one attached hydrogen (secondary N) is 1. The Morgan fingerprint density at radius 2 is 1.73 bits per heavy atom. The highest BCUT2D eigenvalue weighted by Crippen LogP contribution is 2.33. The quantitative estimate of drug-likeness (QED) is 0.708. The van der Waals surface area contributed by atoms with Crippen LogP contribution in [0.3, 0.4) is 0 Å². The molecule has 1 fully saturated rings. The maximum Gasteiger partial charge on any atom is 0.325 e. The molecular formula is C22H24FN3O4. The van der Waals surface area contributed by atoms with Crippen LogP contribution in [0.4, 0.5) is 14.9 Å². The smallest absolute Gasteiger partial charge is 0.325 e. The summed E-state index contributed by atoms with van der Waals surface area (Å²) in [5.74, 6) is -0.701. The van der Waals surface area contributed by atoms with Crippen molar-refractivity contribution in [3.8, 4) is 5.75 Å². The molecule has 1 aliphatic rings. The van der Waals surface area contributed by atoms with E-state index in [9.17, 15) is 18.8 Å². The lowest BCUT2D eigenvalue weighted by atomic mass is 9.87. The van der Waals surface area contributed by atoms with Crippen LogP contribution in [0.25, 0.3) is 0 Å². The van der Waals surface area contributed by atoms with Crippen molar-refractivity contribution in [3.05, 3.63) is 59.9 Å². The summed E-state index contributed by atoms with van der Waals surface area (Å²) in [6, 6.07) is 11.7. The standard InChI is InChI=1S/C22H24FN3O4/c1-4-22(15-6-12-18(30-3)13-7-15)20(28)26(21(29)24-22)14-19(27)25(5-2)17-10-8-16(23)9-11-17/h6-13H,4-5,14H2,1-3H3,(H,24,29)/t22-/m0/s1. The average Bonchev–Trinajstić information content (AvgIpc) is 3.00. The molecule has 1 saturated heterocycles. The van der Waals surface area contributed by atoms with Crippen LogP contribution in [0.5, 0.6) is 5.75 Å². The van der Waals surface area contributed by atoms with E-state index in [2.05, 4.69) is 5.32 Å². The predicted octanol–water partition coefficient (Wildman–Crippen LogP) is 3.04. The minimum atomic E-state index is -1.24. The molecule has 2 aromatic rings. The maximum absolute atomic E-state index is 13.2. The number of ether oxygens (including phenoxy) is 1. The number of carbonyl (C=O) groups excluding carboxylic acids is 3. The Bertz CT molecular complexity index is 946. The van der Waals surface area contributed by atoms with Gasteiger partial charge in [-0.1, -0.05) is 19.1 Å². The van der Waals surface area contributed by atoms with Gasteiger partial charge in [0.2, 0.25) is 5.91 Å². The van der Waals surface area contributed by atoms with Crippen LogP contribution in [-0.2, 0) is 15.1 Å². The maximum atomic E-state index is 13.2. The van der Waals surface area contributed by atoms with Crippen LogP contribution in [0.2, 0.25) is 0 Å². The van der Waals surface area contributed by atoms with E-state index in [0.29, 0.717) is 30.0 Å². The molecule has 0 radical (unpaired) electrons. The number of amides is 4. The van der Waals surface area contributed by atoms with E-state index in [-0.39, 0.29) is 0 Å². The molecule has 1 N–H and O–H groups in total. The largest absolute Gasteiger partial charge is 0.497 e. The van der Waals surface area contributed by atoms with Crippen molar-refractivity contribution in [1.29, 1.82) is 0 Å². The number of nitrogens with zero attached hydrogens (tertiary/aromatic N) is 2. The lowest BCUT2D eigenvalue weighted by molar-refractivity contribution is -0.134. The molecule has 30 heavy (non-hydrogen) atoms. The molecule has 2 aromatic carbocycles. The van der Waals surface area contributed by atoms with Gasteiger partial charge < -0.3 is 15.0 Å². The normalized spacial score (nSPS) is 18.3. The zero-order chi connectivity index (χ0) is 21.9. The average molecular weight is 413 g/mol. The highest BCUT2D eigenvalue weighted by atomic mass is 19.1. The van der Waals surface area contributed by atoms with Gasteiger partial charge in [-0.25, -0.2) is 9.18 Å². The fraction of sp³-hybridized carbons (Fsp3) is 0.318. The number of anilines is 1. The second kappa shape index (κ2) is 8.52. The zero-order valence-electron chi connectivity index (χ0n) is 17.1. The summed E-state index contributed by atoms with van der Waals surface area (Å²) in [6.07, 6.45) is 0.323. The van der Waals surface area contributed by atoms with Gasteiger partial charge in [0.15, 0.2) is 0 Å². The van der Waals surface area contributed by atoms with Gasteiger partial charge in [-0.15, -0.1) is 0 Å². The van der Waals surface area contributed by atoms with Crippen molar-refractivity contribution in [2.75, 3.05) is 25.1 Å². The lowest BCUT2D eigenvalue weighted by Crippen LogP contribution is -2.45. The number of rotatable bonds is 7. The summed E-state index contributed by atoms with van der Waals surface area (Å²) in [5.41, 5.74) is -0.130. The van der Waals surface area contributed by atoms with Crippen LogP contribution < -0.4 is 15.0 Å². The molecule has 1 heterocycles. The van der Waals surface area contributed by atoms with E-state index in [0.717, 1.165) is 4.90 Å². The van der Waals surface area contributed by atoms with E-state index in [1.54, 1.807) is 45.2 Å². The van der Waals surface area contributed by atoms with Crippen molar-refractivity contribution >= 4 is 23.5 Å². The number of halogens is 1. The van der Waals surface area contributed by atoms with Gasteiger partial charge in [0, 0.05) is 12.2 Å². The van der Waals surface area contributed by atoms with Gasteiger partial charge in [-0.05, 0) is 55.3 Å². The van der Waals surface area contributed by atoms with E-state index < -0.39 is 35.7 Å². The summed E-state index contributed by atoms with van der Waals surface area (Å²) < 4.78 is 18.4. The zero-order valence-corrected chi connectivity index (χ0v) is 17.1. The van der Waals surface area contributed by atoms with Gasteiger partial charge in [-0.2, -0.15) is 0 Å². The highest BCUT2D eigenvalue weighted by Gasteiger charge is 2.51. The molecule has 1 aliphatic heterocycles. The SMILES string of the molecule is CCN(C(=O)CN1C(=O)N[C@@](CC)(c2ccc(OC)cc2)C1=O)c1ccc(F)cc1. The third-order valence-electron chi connectivity index (χ3n) is 5.34. The number of benzene rings is 2. The van der Waals surface area contributed by atoms with Crippen LogP contribution in [0.15, 0.2) is 48.5 Å². The molecule has 7 nitrogen and oxygen atoms in total. The van der Waals surface area contributed by atoms with Crippen molar-refractivity contribution < 1.29 is 23.5 Å². The molecule has 4 amide bonds. The molecule has 0 spiro atoms. The van der Waals surface area contributed by atoms with Crippen molar-refractivity contribution in [3.63, 3.8) is 0 Å². The Labute approximate surface area is 174 Å². The molecule has 0 saturated carbocycles. The summed E-state index contributed by atoms with van der Waals surface area (Å²) in [5, 5.41) is 2.76. The number of imide groups is 1. The van der Waals surface area contributed by atoms with Gasteiger partial charge >= 0.3 is 6.03 Å². The highest BCUT2D eigenvalue weighted by molar-refractivity contribution is 6.10. The van der Waals surface area contributed by atoms with E-state index in [1.165, 1.54) is 29.2 Å². The minimum absolute atomic E-state index is 0.311. The monoisotopic (exact) mass is 413 g/mol. The first-order valence-electron chi connectivity index (χ1n) is 9.70. The molecule has 1 atom stereocenters. The number of hydrogen-bond donors (Lipinski definition) is 1. The van der Waals surface area contributed by atoms with Gasteiger partial charge in [0.25, 0.3) is 5.91 Å². The second-order valence-corrected chi connectivity index (χ2v) is 6.92. The molecule has 158 valence electrons. The fourth-order valence-electron chi connectivity index (χ4n) is 3.63. The first-order chi connectivity index (χ1) is 14.4. The van der Waals surface area contributed by atoms with E-state index >= 15 is 0 Å². The Morgan fingerprint density at radius 3 is 2.27 bits per heavy atom. The summed E-state index contributed by atoms with van der Waals surface area (Å²) in [6.45, 7) is 3.46. The van der Waals surface area contributed by atoms with Crippen LogP contribution >= 0.6 is 0 Å². The van der Waals surface area contributed by atoms with Gasteiger partial charge in [0.05, 0.1) is 7.11 Å². The fourth-order valence-corrected chi connectivity index (χ4v) is 3.63. The third-order valence-corrected chi connectivity index (χ3v) is 5.34. The summed E-state index contributed by atoms with van der Waals surface area (Å²) in [4.78, 5) is 41.1. The Morgan fingerprint density at radius 1 is 1.10 bits per heavy atom. The molecule has 0 aromatic heterocycles. The first kappa shape index (κ1) is 21.3. The second-order valence-electron chi connectivity index (χ2n) is 6.92. The van der Waals surface area contributed by atoms with E-state index in [1.807, 2.05) is 0 Å². The minimum Gasteiger partial charge on any atom is -0.497 e. The van der Waals surface area contributed by atoms with Crippen molar-refractivity contribution in [1.82, 2.24) is 10.2 Å². The van der Waals surface area contributed by atoms with Gasteiger partial charge in [-0.3, -0.25) is 14.5 Å². The first-order valence-corrected chi connectivity index (χ1v) is 9.70. The van der Waals surface area contributed by atoms with Gasteiger partial charge in [0.1, 0.15) is 23.7 Å². The number of methoxy groups -OCH3 is 1.